The van der Waals surface area contributed by atoms with Crippen LogP contribution in [0.2, 0.25) is 0 Å². The third-order valence-corrected chi connectivity index (χ3v) is 5.41. The monoisotopic (exact) mass is 398 g/mol. The first kappa shape index (κ1) is 18.2. The van der Waals surface area contributed by atoms with Crippen molar-refractivity contribution in [3.8, 4) is 16.5 Å². The highest BCUT2D eigenvalue weighted by molar-refractivity contribution is 7.14. The highest BCUT2D eigenvalue weighted by Gasteiger charge is 2.35. The molecule has 144 valence electrons. The van der Waals surface area contributed by atoms with Crippen molar-refractivity contribution in [3.63, 3.8) is 0 Å². The van der Waals surface area contributed by atoms with Gasteiger partial charge < -0.3 is 19.5 Å². The molecule has 8 nitrogen and oxygen atoms in total. The Morgan fingerprint density at radius 3 is 3.00 bits per heavy atom. The number of carbonyl (C=O) groups excluding carboxylic acids is 2. The molecule has 0 aliphatic carbocycles. The maximum Gasteiger partial charge on any atom is 0.270 e. The topological polar surface area (TPSA) is 97.6 Å². The molecule has 3 aromatic rings. The lowest BCUT2D eigenvalue weighted by molar-refractivity contribution is -0.122. The number of thiophene rings is 1. The lowest BCUT2D eigenvalue weighted by Gasteiger charge is -2.17. The van der Waals surface area contributed by atoms with Crippen LogP contribution in [0.5, 0.6) is 5.75 Å². The molecule has 9 heteroatoms. The smallest absolute Gasteiger partial charge is 0.270 e. The largest absolute Gasteiger partial charge is 0.497 e. The molecule has 1 aromatic carbocycles. The summed E-state index contributed by atoms with van der Waals surface area (Å²) in [5, 5.41) is 8.52. The van der Waals surface area contributed by atoms with Gasteiger partial charge in [0, 0.05) is 24.7 Å². The third kappa shape index (κ3) is 3.48. The molecule has 2 aromatic heterocycles. The molecule has 1 fully saturated rings. The number of methoxy groups -OCH3 is 1. The molecule has 0 bridgehead atoms. The Hall–Kier alpha value is -3.20. The fourth-order valence-electron chi connectivity index (χ4n) is 3.11. The number of hydrogen-bond acceptors (Lipinski definition) is 7. The van der Waals surface area contributed by atoms with Gasteiger partial charge in [-0.2, -0.15) is 4.98 Å². The third-order valence-electron chi connectivity index (χ3n) is 4.51. The summed E-state index contributed by atoms with van der Waals surface area (Å²) in [5.41, 5.74) is 1.32. The van der Waals surface area contributed by atoms with Crippen LogP contribution < -0.4 is 15.0 Å². The number of hydrogen-bond donors (Lipinski definition) is 1. The summed E-state index contributed by atoms with van der Waals surface area (Å²) in [7, 11) is 1.57. The van der Waals surface area contributed by atoms with E-state index >= 15 is 0 Å². The van der Waals surface area contributed by atoms with Gasteiger partial charge in [-0.15, -0.1) is 11.3 Å². The van der Waals surface area contributed by atoms with Crippen molar-refractivity contribution in [1.29, 1.82) is 0 Å². The Labute approximate surface area is 165 Å². The summed E-state index contributed by atoms with van der Waals surface area (Å²) in [6.45, 7) is 2.05. The Morgan fingerprint density at radius 1 is 1.39 bits per heavy atom. The lowest BCUT2D eigenvalue weighted by Crippen LogP contribution is -2.28. The van der Waals surface area contributed by atoms with Crippen molar-refractivity contribution in [2.75, 3.05) is 23.9 Å². The van der Waals surface area contributed by atoms with Crippen LogP contribution in [0, 0.1) is 12.8 Å². The molecule has 1 aliphatic heterocycles. The maximum absolute atomic E-state index is 12.8. The van der Waals surface area contributed by atoms with E-state index in [1.165, 1.54) is 11.3 Å². The second-order valence-corrected chi connectivity index (χ2v) is 7.32. The second-order valence-electron chi connectivity index (χ2n) is 6.41. The van der Waals surface area contributed by atoms with Crippen molar-refractivity contribution in [1.82, 2.24) is 10.1 Å². The molecular formula is C19H18N4O4S. The number of aromatic nitrogens is 2. The minimum atomic E-state index is -0.448. The van der Waals surface area contributed by atoms with E-state index in [0.29, 0.717) is 34.6 Å². The number of benzene rings is 1. The lowest BCUT2D eigenvalue weighted by atomic mass is 10.1. The number of ether oxygens (including phenoxy) is 1. The zero-order valence-electron chi connectivity index (χ0n) is 15.3. The van der Waals surface area contributed by atoms with Gasteiger partial charge in [0.05, 0.1) is 18.7 Å². The van der Waals surface area contributed by atoms with E-state index in [1.54, 1.807) is 31.1 Å². The predicted molar refractivity (Wildman–Crippen MR) is 104 cm³/mol. The molecule has 28 heavy (non-hydrogen) atoms. The fourth-order valence-corrected chi connectivity index (χ4v) is 3.88. The van der Waals surface area contributed by atoms with Gasteiger partial charge in [0.2, 0.25) is 11.8 Å². The molecule has 1 N–H and O–H groups in total. The summed E-state index contributed by atoms with van der Waals surface area (Å²) in [4.78, 5) is 31.7. The van der Waals surface area contributed by atoms with Gasteiger partial charge in [-0.3, -0.25) is 9.59 Å². The molecule has 1 saturated heterocycles. The number of amides is 2. The average Bonchev–Trinajstić information content (AvgIpc) is 3.41. The molecule has 1 unspecified atom stereocenters. The molecule has 1 atom stereocenters. The molecule has 4 rings (SSSR count). The van der Waals surface area contributed by atoms with E-state index in [9.17, 15) is 9.59 Å². The zero-order chi connectivity index (χ0) is 19.7. The van der Waals surface area contributed by atoms with E-state index in [0.717, 1.165) is 5.69 Å². The molecule has 0 spiro atoms. The fraction of sp³-hybridized carbons (Fsp3) is 0.263. The number of rotatable bonds is 5. The van der Waals surface area contributed by atoms with E-state index < -0.39 is 5.92 Å². The minimum absolute atomic E-state index is 0.0912. The van der Waals surface area contributed by atoms with Crippen molar-refractivity contribution >= 4 is 34.5 Å². The van der Waals surface area contributed by atoms with Crippen LogP contribution in [-0.2, 0) is 9.59 Å². The molecule has 2 amide bonds. The van der Waals surface area contributed by atoms with Crippen molar-refractivity contribution in [2.24, 2.45) is 5.92 Å². The average molecular weight is 398 g/mol. The highest BCUT2D eigenvalue weighted by atomic mass is 32.1. The number of nitrogens with zero attached hydrogens (tertiary/aromatic N) is 3. The van der Waals surface area contributed by atoms with Gasteiger partial charge in [-0.25, -0.2) is 0 Å². The Kier molecular flexibility index (Phi) is 4.82. The molecule has 3 heterocycles. The highest BCUT2D eigenvalue weighted by Crippen LogP contribution is 2.34. The normalized spacial score (nSPS) is 16.4. The van der Waals surface area contributed by atoms with Gasteiger partial charge in [-0.1, -0.05) is 11.2 Å². The van der Waals surface area contributed by atoms with Crippen molar-refractivity contribution in [2.45, 2.75) is 13.3 Å². The summed E-state index contributed by atoms with van der Waals surface area (Å²) in [6, 6.07) is 9.03. The number of aryl methyl sites for hydroxylation is 1. The number of anilines is 2. The first-order chi connectivity index (χ1) is 13.5. The van der Waals surface area contributed by atoms with Crippen LogP contribution in [0.25, 0.3) is 10.8 Å². The first-order valence-electron chi connectivity index (χ1n) is 8.68. The second kappa shape index (κ2) is 7.43. The summed E-state index contributed by atoms with van der Waals surface area (Å²) >= 11 is 1.40. The Morgan fingerprint density at radius 2 is 2.25 bits per heavy atom. The zero-order valence-corrected chi connectivity index (χ0v) is 16.2. The van der Waals surface area contributed by atoms with Crippen LogP contribution in [0.15, 0.2) is 40.2 Å². The van der Waals surface area contributed by atoms with Gasteiger partial charge >= 0.3 is 0 Å². The van der Waals surface area contributed by atoms with Crippen LogP contribution in [-0.4, -0.2) is 35.6 Å². The molecular weight excluding hydrogens is 380 g/mol. The van der Waals surface area contributed by atoms with Crippen LogP contribution in [0.3, 0.4) is 0 Å². The van der Waals surface area contributed by atoms with E-state index in [4.69, 9.17) is 9.26 Å². The van der Waals surface area contributed by atoms with Gasteiger partial charge in [-0.05, 0) is 30.5 Å². The predicted octanol–water partition coefficient (Wildman–Crippen LogP) is 3.11. The van der Waals surface area contributed by atoms with Gasteiger partial charge in [0.25, 0.3) is 5.89 Å². The summed E-state index contributed by atoms with van der Waals surface area (Å²) < 4.78 is 10.4. The number of carbonyl (C=O) groups is 2. The van der Waals surface area contributed by atoms with Crippen LogP contribution in [0.4, 0.5) is 11.4 Å². The van der Waals surface area contributed by atoms with E-state index in [1.807, 2.05) is 23.6 Å². The van der Waals surface area contributed by atoms with Crippen LogP contribution >= 0.6 is 11.3 Å². The Balaban J connectivity index is 1.48. The SMILES string of the molecule is COc1cccc(N2CC(C(=O)Nc3ccsc3-c3nc(C)no3)CC2=O)c1. The van der Waals surface area contributed by atoms with E-state index in [2.05, 4.69) is 15.5 Å². The number of nitrogens with one attached hydrogen (secondary N) is 1. The van der Waals surface area contributed by atoms with Gasteiger partial charge in [0.15, 0.2) is 5.82 Å². The summed E-state index contributed by atoms with van der Waals surface area (Å²) in [6.07, 6.45) is 0.155. The standard InChI is InChI=1S/C19H18N4O4S/c1-11-20-19(27-22-11)17-15(6-7-28-17)21-18(25)12-8-16(24)23(10-12)13-4-3-5-14(9-13)26-2/h3-7,9,12H,8,10H2,1-2H3,(H,21,25). The molecule has 0 radical (unpaired) electrons. The Bertz CT molecular complexity index is 1030. The molecule has 0 saturated carbocycles. The quantitative estimate of drug-likeness (QED) is 0.709. The van der Waals surface area contributed by atoms with Crippen molar-refractivity contribution < 1.29 is 18.8 Å². The summed E-state index contributed by atoms with van der Waals surface area (Å²) in [5.74, 6) is 0.798. The van der Waals surface area contributed by atoms with E-state index in [-0.39, 0.29) is 18.2 Å². The minimum Gasteiger partial charge on any atom is -0.497 e. The maximum atomic E-state index is 12.8. The first-order valence-corrected chi connectivity index (χ1v) is 9.56. The molecule has 1 aliphatic rings. The van der Waals surface area contributed by atoms with Crippen LogP contribution in [0.1, 0.15) is 12.2 Å². The van der Waals surface area contributed by atoms with Crippen molar-refractivity contribution in [3.05, 3.63) is 41.5 Å². The van der Waals surface area contributed by atoms with Gasteiger partial charge in [0.1, 0.15) is 10.6 Å².